The zero-order valence-electron chi connectivity index (χ0n) is 10.7. The lowest BCUT2D eigenvalue weighted by Gasteiger charge is -2.05. The van der Waals surface area contributed by atoms with Crippen molar-refractivity contribution < 1.29 is 4.79 Å². The highest BCUT2D eigenvalue weighted by molar-refractivity contribution is 5.85. The second-order valence-corrected chi connectivity index (χ2v) is 3.78. The van der Waals surface area contributed by atoms with E-state index in [1.807, 2.05) is 44.3 Å². The van der Waals surface area contributed by atoms with Crippen LogP contribution in [0.15, 0.2) is 30.5 Å². The van der Waals surface area contributed by atoms with E-state index in [1.54, 1.807) is 0 Å². The maximum atomic E-state index is 11.1. The van der Waals surface area contributed by atoms with Gasteiger partial charge in [0.1, 0.15) is 5.78 Å². The Morgan fingerprint density at radius 3 is 2.65 bits per heavy atom. The van der Waals surface area contributed by atoms with Crippen LogP contribution in [-0.2, 0) is 11.2 Å². The minimum absolute atomic E-state index is 0.0280. The molecule has 1 aromatic carbocycles. The molecule has 0 saturated carbocycles. The van der Waals surface area contributed by atoms with Gasteiger partial charge in [0, 0.05) is 17.1 Å². The largest absolute Gasteiger partial charge is 0.361 e. The van der Waals surface area contributed by atoms with Gasteiger partial charge in [0.05, 0.1) is 6.04 Å². The van der Waals surface area contributed by atoms with E-state index in [2.05, 4.69) is 4.98 Å². The van der Waals surface area contributed by atoms with Gasteiger partial charge in [-0.25, -0.2) is 0 Å². The molecule has 3 heteroatoms. The van der Waals surface area contributed by atoms with E-state index in [0.29, 0.717) is 6.42 Å². The number of benzene rings is 1. The van der Waals surface area contributed by atoms with Crippen LogP contribution in [0.1, 0.15) is 26.3 Å². The zero-order valence-corrected chi connectivity index (χ0v) is 10.7. The zero-order chi connectivity index (χ0) is 12.8. The monoisotopic (exact) mass is 232 g/mol. The summed E-state index contributed by atoms with van der Waals surface area (Å²) in [5, 5.41) is 1.15. The van der Waals surface area contributed by atoms with Crippen molar-refractivity contribution in [2.45, 2.75) is 33.2 Å². The Labute approximate surface area is 102 Å². The molecule has 0 saturated heterocycles. The Kier molecular flexibility index (Phi) is 4.91. The predicted molar refractivity (Wildman–Crippen MR) is 72.0 cm³/mol. The van der Waals surface area contributed by atoms with Gasteiger partial charge in [0.2, 0.25) is 0 Å². The van der Waals surface area contributed by atoms with Crippen LogP contribution in [0.2, 0.25) is 0 Å². The van der Waals surface area contributed by atoms with E-state index in [1.165, 1.54) is 6.92 Å². The molecule has 1 aromatic heterocycles. The summed E-state index contributed by atoms with van der Waals surface area (Å²) >= 11 is 0. The van der Waals surface area contributed by atoms with Crippen molar-refractivity contribution in [2.24, 2.45) is 5.73 Å². The van der Waals surface area contributed by atoms with Crippen LogP contribution in [0.5, 0.6) is 0 Å². The highest BCUT2D eigenvalue weighted by Gasteiger charge is 2.11. The summed E-state index contributed by atoms with van der Waals surface area (Å²) in [6.07, 6.45) is 2.52. The van der Waals surface area contributed by atoms with Gasteiger partial charge in [-0.1, -0.05) is 32.0 Å². The van der Waals surface area contributed by atoms with Crippen LogP contribution < -0.4 is 5.73 Å². The second kappa shape index (κ2) is 6.21. The molecule has 0 fully saturated rings. The Morgan fingerprint density at radius 2 is 2.00 bits per heavy atom. The number of para-hydroxylation sites is 1. The molecule has 3 N–H and O–H groups in total. The third-order valence-corrected chi connectivity index (χ3v) is 2.64. The maximum Gasteiger partial charge on any atom is 0.146 e. The van der Waals surface area contributed by atoms with Crippen molar-refractivity contribution in [3.63, 3.8) is 0 Å². The minimum Gasteiger partial charge on any atom is -0.361 e. The summed E-state index contributed by atoms with van der Waals surface area (Å²) < 4.78 is 0. The first kappa shape index (κ1) is 13.5. The molecule has 0 aliphatic carbocycles. The van der Waals surface area contributed by atoms with Gasteiger partial charge in [0.25, 0.3) is 0 Å². The third kappa shape index (κ3) is 3.17. The Balaban J connectivity index is 0.000000686. The molecule has 0 bridgehead atoms. The molecule has 0 radical (unpaired) electrons. The van der Waals surface area contributed by atoms with Crippen LogP contribution in [-0.4, -0.2) is 16.8 Å². The third-order valence-electron chi connectivity index (χ3n) is 2.64. The molecule has 17 heavy (non-hydrogen) atoms. The van der Waals surface area contributed by atoms with Crippen LogP contribution in [0.3, 0.4) is 0 Å². The Morgan fingerprint density at radius 1 is 1.35 bits per heavy atom. The first-order valence-electron chi connectivity index (χ1n) is 5.99. The van der Waals surface area contributed by atoms with E-state index < -0.39 is 6.04 Å². The first-order valence-corrected chi connectivity index (χ1v) is 5.99. The molecule has 92 valence electrons. The minimum atomic E-state index is -0.399. The number of aromatic amines is 1. The predicted octanol–water partition coefficient (Wildman–Crippen LogP) is 2.65. The molecule has 1 heterocycles. The molecule has 0 amide bonds. The molecule has 2 aromatic rings. The van der Waals surface area contributed by atoms with Gasteiger partial charge in [-0.15, -0.1) is 0 Å². The lowest BCUT2D eigenvalue weighted by molar-refractivity contribution is -0.118. The smallest absolute Gasteiger partial charge is 0.146 e. The van der Waals surface area contributed by atoms with Crippen LogP contribution in [0.25, 0.3) is 10.9 Å². The summed E-state index contributed by atoms with van der Waals surface area (Å²) in [5.74, 6) is 0.0280. The van der Waals surface area contributed by atoms with Crippen molar-refractivity contribution in [1.82, 2.24) is 4.98 Å². The second-order valence-electron chi connectivity index (χ2n) is 3.78. The number of Topliss-reactive ketones (excluding diaryl/α,β-unsaturated/α-hetero) is 1. The highest BCUT2D eigenvalue weighted by Crippen LogP contribution is 2.18. The fourth-order valence-electron chi connectivity index (χ4n) is 1.68. The Bertz CT molecular complexity index is 488. The van der Waals surface area contributed by atoms with E-state index in [9.17, 15) is 4.79 Å². The van der Waals surface area contributed by atoms with E-state index in [-0.39, 0.29) is 5.78 Å². The number of H-pyrrole nitrogens is 1. The number of hydrogen-bond acceptors (Lipinski definition) is 2. The molecule has 0 spiro atoms. The fraction of sp³-hybridized carbons (Fsp3) is 0.357. The average molecular weight is 232 g/mol. The van der Waals surface area contributed by atoms with Crippen LogP contribution in [0.4, 0.5) is 0 Å². The lowest BCUT2D eigenvalue weighted by atomic mass is 10.0. The molecule has 0 aliphatic rings. The van der Waals surface area contributed by atoms with Gasteiger partial charge in [-0.3, -0.25) is 4.79 Å². The topological polar surface area (TPSA) is 58.9 Å². The molecule has 2 rings (SSSR count). The standard InChI is InChI=1S/C12H14N2O.C2H6/c1-8(15)11(13)6-9-7-14-12-5-3-2-4-10(9)12;1-2/h2-5,7,11,14H,6,13H2,1H3;1-2H3. The summed E-state index contributed by atoms with van der Waals surface area (Å²) in [5.41, 5.74) is 7.93. The molecule has 3 nitrogen and oxygen atoms in total. The summed E-state index contributed by atoms with van der Waals surface area (Å²) in [7, 11) is 0. The van der Waals surface area contributed by atoms with Crippen LogP contribution in [0, 0.1) is 0 Å². The number of ketones is 1. The van der Waals surface area contributed by atoms with Crippen molar-refractivity contribution >= 4 is 16.7 Å². The molecular weight excluding hydrogens is 212 g/mol. The van der Waals surface area contributed by atoms with Gasteiger partial charge >= 0.3 is 0 Å². The van der Waals surface area contributed by atoms with Crippen molar-refractivity contribution in [1.29, 1.82) is 0 Å². The van der Waals surface area contributed by atoms with Crippen molar-refractivity contribution in [2.75, 3.05) is 0 Å². The average Bonchev–Trinajstić information content (AvgIpc) is 2.75. The number of carbonyl (C=O) groups is 1. The number of fused-ring (bicyclic) bond motifs is 1. The molecule has 1 atom stereocenters. The quantitative estimate of drug-likeness (QED) is 0.854. The number of rotatable bonds is 3. The molecular formula is C14H20N2O. The van der Waals surface area contributed by atoms with E-state index >= 15 is 0 Å². The van der Waals surface area contributed by atoms with Crippen molar-refractivity contribution in [3.8, 4) is 0 Å². The van der Waals surface area contributed by atoms with E-state index in [0.717, 1.165) is 16.5 Å². The number of nitrogens with one attached hydrogen (secondary N) is 1. The normalized spacial score (nSPS) is 11.8. The maximum absolute atomic E-state index is 11.1. The molecule has 1 unspecified atom stereocenters. The lowest BCUT2D eigenvalue weighted by Crippen LogP contribution is -2.30. The fourth-order valence-corrected chi connectivity index (χ4v) is 1.68. The first-order chi connectivity index (χ1) is 8.18. The number of hydrogen-bond donors (Lipinski definition) is 2. The van der Waals surface area contributed by atoms with E-state index in [4.69, 9.17) is 5.73 Å². The summed E-state index contributed by atoms with van der Waals surface area (Å²) in [6, 6.07) is 7.61. The summed E-state index contributed by atoms with van der Waals surface area (Å²) in [4.78, 5) is 14.2. The number of carbonyl (C=O) groups excluding carboxylic acids is 1. The van der Waals surface area contributed by atoms with Gasteiger partial charge in [-0.2, -0.15) is 0 Å². The Hall–Kier alpha value is -1.61. The number of nitrogens with two attached hydrogens (primary N) is 1. The summed E-state index contributed by atoms with van der Waals surface area (Å²) in [6.45, 7) is 5.53. The van der Waals surface area contributed by atoms with Crippen LogP contribution >= 0.6 is 0 Å². The van der Waals surface area contributed by atoms with Crippen molar-refractivity contribution in [3.05, 3.63) is 36.0 Å². The van der Waals surface area contributed by atoms with Gasteiger partial charge < -0.3 is 10.7 Å². The van der Waals surface area contributed by atoms with Gasteiger partial charge in [-0.05, 0) is 25.0 Å². The SMILES string of the molecule is CC.CC(=O)C(N)Cc1c[nH]c2ccccc12. The van der Waals surface area contributed by atoms with Gasteiger partial charge in [0.15, 0.2) is 0 Å². The highest BCUT2D eigenvalue weighted by atomic mass is 16.1. The molecule has 0 aliphatic heterocycles. The number of aromatic nitrogens is 1.